The normalized spacial score (nSPS) is 21.0. The highest BCUT2D eigenvalue weighted by atomic mass is 19.1. The van der Waals surface area contributed by atoms with Crippen LogP contribution in [0.1, 0.15) is 73.0 Å². The number of hydrogen-bond donors (Lipinski definition) is 2. The van der Waals surface area contributed by atoms with E-state index in [9.17, 15) is 23.9 Å². The van der Waals surface area contributed by atoms with E-state index < -0.39 is 11.6 Å². The Morgan fingerprint density at radius 1 is 1.31 bits per heavy atom. The number of amides is 1. The van der Waals surface area contributed by atoms with E-state index >= 15 is 0 Å². The van der Waals surface area contributed by atoms with Crippen molar-refractivity contribution in [2.24, 2.45) is 0 Å². The smallest absolute Gasteiger partial charge is 0.343 e. The molecular formula is C29H30FN3O6. The van der Waals surface area contributed by atoms with Crippen molar-refractivity contribution in [3.05, 3.63) is 61.7 Å². The number of esters is 1. The summed E-state index contributed by atoms with van der Waals surface area (Å²) in [7, 11) is 0. The Balaban J connectivity index is 1.57. The van der Waals surface area contributed by atoms with Gasteiger partial charge < -0.3 is 24.5 Å². The second-order valence-corrected chi connectivity index (χ2v) is 10.8. The molecule has 1 aliphatic carbocycles. The SMILES string of the molecule is CC[C@@]1(O)C(=O)OCc2c1cc1n(c2=O)Cc2c-1nc1cc(F)c(C)c3c1c2[C@@H](NC(=O)COC(C)C)CC3. The molecule has 1 aromatic carbocycles. The lowest BCUT2D eigenvalue weighted by molar-refractivity contribution is -0.172. The maximum Gasteiger partial charge on any atom is 0.343 e. The van der Waals surface area contributed by atoms with Crippen LogP contribution >= 0.6 is 0 Å². The largest absolute Gasteiger partial charge is 0.458 e. The molecule has 3 aliphatic rings. The van der Waals surface area contributed by atoms with Gasteiger partial charge in [0.25, 0.3) is 5.56 Å². The summed E-state index contributed by atoms with van der Waals surface area (Å²) in [4.78, 5) is 43.8. The number of aryl methyl sites for hydroxylation is 1. The van der Waals surface area contributed by atoms with Crippen LogP contribution in [0, 0.1) is 12.7 Å². The zero-order chi connectivity index (χ0) is 27.8. The molecule has 4 heterocycles. The highest BCUT2D eigenvalue weighted by Gasteiger charge is 2.46. The molecule has 0 spiro atoms. The van der Waals surface area contributed by atoms with Crippen molar-refractivity contribution < 1.29 is 28.6 Å². The third-order valence-electron chi connectivity index (χ3n) is 8.26. The molecule has 39 heavy (non-hydrogen) atoms. The minimum atomic E-state index is -1.94. The Bertz CT molecular complexity index is 1640. The van der Waals surface area contributed by atoms with Gasteiger partial charge in [0, 0.05) is 22.6 Å². The van der Waals surface area contributed by atoms with Crippen molar-refractivity contribution in [1.82, 2.24) is 14.9 Å². The number of aromatic nitrogens is 2. The number of ether oxygens (including phenoxy) is 2. The van der Waals surface area contributed by atoms with Crippen molar-refractivity contribution in [3.8, 4) is 11.4 Å². The topological polar surface area (TPSA) is 120 Å². The number of benzene rings is 1. The molecule has 2 N–H and O–H groups in total. The molecule has 0 saturated carbocycles. The lowest BCUT2D eigenvalue weighted by Crippen LogP contribution is -2.44. The molecule has 10 heteroatoms. The third-order valence-corrected chi connectivity index (χ3v) is 8.26. The van der Waals surface area contributed by atoms with Crippen molar-refractivity contribution in [3.63, 3.8) is 0 Å². The number of cyclic esters (lactones) is 1. The van der Waals surface area contributed by atoms with E-state index in [0.29, 0.717) is 35.3 Å². The second kappa shape index (κ2) is 8.96. The van der Waals surface area contributed by atoms with Gasteiger partial charge >= 0.3 is 5.97 Å². The average molecular weight is 536 g/mol. The van der Waals surface area contributed by atoms with Crippen molar-refractivity contribution in [1.29, 1.82) is 0 Å². The second-order valence-electron chi connectivity index (χ2n) is 10.8. The quantitative estimate of drug-likeness (QED) is 0.377. The number of fused-ring (bicyclic) bond motifs is 5. The Morgan fingerprint density at radius 3 is 2.79 bits per heavy atom. The number of carbonyl (C=O) groups excluding carboxylic acids is 2. The fourth-order valence-corrected chi connectivity index (χ4v) is 6.18. The van der Waals surface area contributed by atoms with E-state index in [1.807, 2.05) is 13.8 Å². The number of halogens is 1. The highest BCUT2D eigenvalue weighted by Crippen LogP contribution is 2.45. The minimum Gasteiger partial charge on any atom is -0.458 e. The van der Waals surface area contributed by atoms with Crippen LogP contribution in [0.25, 0.3) is 22.3 Å². The fraction of sp³-hybridized carbons (Fsp3) is 0.448. The summed E-state index contributed by atoms with van der Waals surface area (Å²) in [6, 6.07) is 2.64. The molecule has 0 unspecified atom stereocenters. The Kier molecular flexibility index (Phi) is 5.89. The average Bonchev–Trinajstić information content (AvgIpc) is 3.27. The molecule has 2 atom stereocenters. The number of hydrogen-bond acceptors (Lipinski definition) is 7. The Hall–Kier alpha value is -3.63. The predicted octanol–water partition coefficient (Wildman–Crippen LogP) is 3.06. The zero-order valence-electron chi connectivity index (χ0n) is 22.3. The Morgan fingerprint density at radius 2 is 2.08 bits per heavy atom. The number of nitrogens with zero attached hydrogens (tertiary/aromatic N) is 2. The molecule has 1 amide bonds. The first-order chi connectivity index (χ1) is 18.5. The van der Waals surface area contributed by atoms with Crippen LogP contribution in [0.5, 0.6) is 0 Å². The number of pyridine rings is 2. The first-order valence-corrected chi connectivity index (χ1v) is 13.3. The van der Waals surface area contributed by atoms with E-state index in [1.165, 1.54) is 6.07 Å². The summed E-state index contributed by atoms with van der Waals surface area (Å²) in [5, 5.41) is 15.0. The van der Waals surface area contributed by atoms with Crippen LogP contribution in [0.2, 0.25) is 0 Å². The lowest BCUT2D eigenvalue weighted by atomic mass is 9.81. The van der Waals surface area contributed by atoms with Gasteiger partial charge in [-0.15, -0.1) is 0 Å². The van der Waals surface area contributed by atoms with E-state index in [2.05, 4.69) is 5.32 Å². The highest BCUT2D eigenvalue weighted by molar-refractivity contribution is 5.94. The summed E-state index contributed by atoms with van der Waals surface area (Å²) < 4.78 is 27.2. The molecule has 0 fully saturated rings. The fourth-order valence-electron chi connectivity index (χ4n) is 6.18. The monoisotopic (exact) mass is 535 g/mol. The van der Waals surface area contributed by atoms with E-state index in [1.54, 1.807) is 24.5 Å². The summed E-state index contributed by atoms with van der Waals surface area (Å²) in [5.41, 5.74) is 2.44. The molecule has 6 rings (SSSR count). The van der Waals surface area contributed by atoms with Crippen molar-refractivity contribution in [2.75, 3.05) is 6.61 Å². The van der Waals surface area contributed by atoms with Crippen LogP contribution in [-0.4, -0.2) is 39.2 Å². The van der Waals surface area contributed by atoms with Crippen LogP contribution < -0.4 is 10.9 Å². The van der Waals surface area contributed by atoms with E-state index in [4.69, 9.17) is 14.5 Å². The summed E-state index contributed by atoms with van der Waals surface area (Å²) in [6.07, 6.45) is 1.05. The van der Waals surface area contributed by atoms with Gasteiger partial charge in [0.05, 0.1) is 41.2 Å². The molecule has 0 bridgehead atoms. The first kappa shape index (κ1) is 25.6. The lowest BCUT2D eigenvalue weighted by Gasteiger charge is -2.31. The van der Waals surface area contributed by atoms with Gasteiger partial charge in [-0.05, 0) is 62.8 Å². The maximum atomic E-state index is 15.0. The van der Waals surface area contributed by atoms with E-state index in [0.717, 1.165) is 22.1 Å². The van der Waals surface area contributed by atoms with Gasteiger partial charge in [-0.3, -0.25) is 9.59 Å². The van der Waals surface area contributed by atoms with Gasteiger partial charge in [0.1, 0.15) is 19.0 Å². The summed E-state index contributed by atoms with van der Waals surface area (Å²) >= 11 is 0. The van der Waals surface area contributed by atoms with Crippen LogP contribution in [-0.2, 0) is 44.2 Å². The molecule has 0 saturated heterocycles. The van der Waals surface area contributed by atoms with Crippen LogP contribution in [0.3, 0.4) is 0 Å². The number of carbonyl (C=O) groups is 2. The molecule has 204 valence electrons. The molecule has 0 radical (unpaired) electrons. The van der Waals surface area contributed by atoms with E-state index in [-0.39, 0.29) is 66.7 Å². The van der Waals surface area contributed by atoms with Gasteiger partial charge in [0.15, 0.2) is 5.60 Å². The first-order valence-electron chi connectivity index (χ1n) is 13.3. The van der Waals surface area contributed by atoms with Gasteiger partial charge in [-0.25, -0.2) is 14.2 Å². The molecule has 2 aliphatic heterocycles. The molecule has 3 aromatic rings. The molecule has 2 aromatic heterocycles. The van der Waals surface area contributed by atoms with Crippen molar-refractivity contribution >= 4 is 22.8 Å². The number of nitrogens with one attached hydrogen (secondary N) is 1. The summed E-state index contributed by atoms with van der Waals surface area (Å²) in [5.74, 6) is -1.43. The predicted molar refractivity (Wildman–Crippen MR) is 140 cm³/mol. The van der Waals surface area contributed by atoms with Gasteiger partial charge in [0.2, 0.25) is 5.91 Å². The number of aliphatic hydroxyl groups is 1. The zero-order valence-corrected chi connectivity index (χ0v) is 22.3. The number of rotatable bonds is 5. The van der Waals surface area contributed by atoms with Crippen molar-refractivity contribution in [2.45, 2.75) is 77.9 Å². The minimum absolute atomic E-state index is 0.0331. The maximum absolute atomic E-state index is 15.0. The summed E-state index contributed by atoms with van der Waals surface area (Å²) in [6.45, 7) is 6.98. The molecule has 9 nitrogen and oxygen atoms in total. The third kappa shape index (κ3) is 3.72. The van der Waals surface area contributed by atoms with Gasteiger partial charge in [-0.1, -0.05) is 6.92 Å². The van der Waals surface area contributed by atoms with Gasteiger partial charge in [-0.2, -0.15) is 0 Å². The molecular weight excluding hydrogens is 505 g/mol. The van der Waals surface area contributed by atoms with Crippen LogP contribution in [0.4, 0.5) is 4.39 Å². The Labute approximate surface area is 223 Å². The standard InChI is InChI=1S/C29H30FN3O6/c1-5-29(37)18-8-22-26-16(10-33(22)27(35)17(18)11-39-28(29)36)25-20(31-23(34)12-38-13(2)3)7-6-15-14(4)19(30)9-21(32-26)24(15)25/h8-9,13,20,37H,5-7,10-12H2,1-4H3,(H,31,34)/t20-,29-/m0/s1. The van der Waals surface area contributed by atoms with Crippen LogP contribution in [0.15, 0.2) is 16.9 Å².